The van der Waals surface area contributed by atoms with Crippen LogP contribution in [0.4, 0.5) is 11.5 Å². The first-order valence-electron chi connectivity index (χ1n) is 5.56. The van der Waals surface area contributed by atoms with Crippen molar-refractivity contribution in [1.29, 1.82) is 0 Å². The Morgan fingerprint density at radius 3 is 2.37 bits per heavy atom. The second kappa shape index (κ2) is 5.99. The van der Waals surface area contributed by atoms with Crippen molar-refractivity contribution in [2.75, 3.05) is 19.0 Å². The van der Waals surface area contributed by atoms with Gasteiger partial charge in [-0.3, -0.25) is 0 Å². The number of nitrogens with zero attached hydrogens (tertiary/aromatic N) is 4. The number of benzene rings is 1. The van der Waals surface area contributed by atoms with E-state index in [2.05, 4.69) is 15.0 Å². The Labute approximate surface area is 121 Å². The topological polar surface area (TPSA) is 41.4 Å². The molecule has 0 fully saturated rings. The third-order valence-electron chi connectivity index (χ3n) is 2.41. The van der Waals surface area contributed by atoms with E-state index in [1.165, 1.54) is 0 Å². The highest BCUT2D eigenvalue weighted by Gasteiger charge is 1.99. The Morgan fingerprint density at radius 1 is 1.11 bits per heavy atom. The van der Waals surface area contributed by atoms with Crippen molar-refractivity contribution >= 4 is 40.9 Å². The molecule has 98 valence electrons. The van der Waals surface area contributed by atoms with Crippen molar-refractivity contribution in [3.8, 4) is 0 Å². The van der Waals surface area contributed by atoms with Crippen LogP contribution in [0.2, 0.25) is 10.4 Å². The summed E-state index contributed by atoms with van der Waals surface area (Å²) >= 11 is 11.5. The average Bonchev–Trinajstić information content (AvgIpc) is 2.36. The van der Waals surface area contributed by atoms with Gasteiger partial charge < -0.3 is 4.90 Å². The van der Waals surface area contributed by atoms with Crippen molar-refractivity contribution < 1.29 is 0 Å². The van der Waals surface area contributed by atoms with Crippen LogP contribution < -0.4 is 4.90 Å². The van der Waals surface area contributed by atoms with Crippen molar-refractivity contribution in [2.45, 2.75) is 0 Å². The predicted octanol–water partition coefficient (Wildman–Crippen LogP) is 3.60. The summed E-state index contributed by atoms with van der Waals surface area (Å²) in [5, 5.41) is 0.359. The van der Waals surface area contributed by atoms with Gasteiger partial charge in [0.05, 0.1) is 0 Å². The van der Waals surface area contributed by atoms with Crippen LogP contribution in [0.3, 0.4) is 0 Å². The fourth-order valence-corrected chi connectivity index (χ4v) is 1.84. The van der Waals surface area contributed by atoms with E-state index in [4.69, 9.17) is 23.2 Å². The Bertz CT molecular complexity index is 574. The summed E-state index contributed by atoms with van der Waals surface area (Å²) < 4.78 is 0. The second-order valence-corrected chi connectivity index (χ2v) is 4.79. The molecule has 0 unspecified atom stereocenters. The van der Waals surface area contributed by atoms with Crippen molar-refractivity contribution in [2.24, 2.45) is 4.99 Å². The fourth-order valence-electron chi connectivity index (χ4n) is 1.44. The molecule has 0 bridgehead atoms. The third-order valence-corrected chi connectivity index (χ3v) is 2.77. The molecule has 2 rings (SSSR count). The normalized spacial score (nSPS) is 10.9. The molecule has 2 aromatic rings. The van der Waals surface area contributed by atoms with Crippen molar-refractivity contribution in [3.63, 3.8) is 0 Å². The minimum atomic E-state index is 0.0857. The first-order valence-corrected chi connectivity index (χ1v) is 6.32. The molecule has 1 aromatic carbocycles. The molecule has 0 saturated carbocycles. The number of aliphatic imine (C=N–C) groups is 1. The van der Waals surface area contributed by atoms with Gasteiger partial charge in [-0.25, -0.2) is 9.98 Å². The van der Waals surface area contributed by atoms with E-state index in [9.17, 15) is 0 Å². The van der Waals surface area contributed by atoms with Gasteiger partial charge in [0.25, 0.3) is 0 Å². The van der Waals surface area contributed by atoms with Gasteiger partial charge >= 0.3 is 0 Å². The highest BCUT2D eigenvalue weighted by Crippen LogP contribution is 2.17. The smallest absolute Gasteiger partial charge is 0.225 e. The average molecular weight is 295 g/mol. The molecular weight excluding hydrogens is 283 g/mol. The lowest BCUT2D eigenvalue weighted by atomic mass is 10.2. The molecule has 19 heavy (non-hydrogen) atoms. The first-order chi connectivity index (χ1) is 9.04. The fraction of sp³-hybridized carbons (Fsp3) is 0.154. The van der Waals surface area contributed by atoms with Gasteiger partial charge in [-0.05, 0) is 29.3 Å². The molecule has 1 heterocycles. The SMILES string of the molecule is CN(C)c1ccc(C=Nc2cc(Cl)nc(Cl)n2)cc1. The largest absolute Gasteiger partial charge is 0.378 e. The quantitative estimate of drug-likeness (QED) is 0.493. The summed E-state index contributed by atoms with van der Waals surface area (Å²) in [6.07, 6.45) is 1.70. The van der Waals surface area contributed by atoms with E-state index >= 15 is 0 Å². The summed E-state index contributed by atoms with van der Waals surface area (Å²) in [6.45, 7) is 0. The number of aromatic nitrogens is 2. The molecule has 0 saturated heterocycles. The third kappa shape index (κ3) is 3.91. The Hall–Kier alpha value is -1.65. The lowest BCUT2D eigenvalue weighted by molar-refractivity contribution is 1.13. The minimum absolute atomic E-state index is 0.0857. The Morgan fingerprint density at radius 2 is 1.79 bits per heavy atom. The van der Waals surface area contributed by atoms with Gasteiger partial charge in [0.2, 0.25) is 5.28 Å². The Kier molecular flexibility index (Phi) is 4.35. The van der Waals surface area contributed by atoms with E-state index in [-0.39, 0.29) is 10.4 Å². The summed E-state index contributed by atoms with van der Waals surface area (Å²) in [6, 6.07) is 9.53. The van der Waals surface area contributed by atoms with Gasteiger partial charge in [-0.2, -0.15) is 4.98 Å². The monoisotopic (exact) mass is 294 g/mol. The summed E-state index contributed by atoms with van der Waals surface area (Å²) in [5.41, 5.74) is 2.10. The van der Waals surface area contributed by atoms with Crippen LogP contribution >= 0.6 is 23.2 Å². The second-order valence-electron chi connectivity index (χ2n) is 4.06. The Balaban J connectivity index is 2.17. The molecule has 0 aliphatic rings. The van der Waals surface area contributed by atoms with Crippen LogP contribution in [0.5, 0.6) is 0 Å². The van der Waals surface area contributed by atoms with Crippen LogP contribution in [-0.2, 0) is 0 Å². The summed E-state index contributed by atoms with van der Waals surface area (Å²) in [7, 11) is 3.99. The number of hydrogen-bond acceptors (Lipinski definition) is 4. The summed E-state index contributed by atoms with van der Waals surface area (Å²) in [4.78, 5) is 14.0. The number of hydrogen-bond donors (Lipinski definition) is 0. The molecule has 0 aliphatic heterocycles. The standard InChI is InChI=1S/C13H12Cl2N4/c1-19(2)10-5-3-9(4-6-10)8-16-12-7-11(14)17-13(15)18-12/h3-8H,1-2H3. The molecule has 1 aromatic heterocycles. The molecular formula is C13H12Cl2N4. The van der Waals surface area contributed by atoms with E-state index in [1.54, 1.807) is 12.3 Å². The van der Waals surface area contributed by atoms with Crippen LogP contribution in [0, 0.1) is 0 Å². The van der Waals surface area contributed by atoms with E-state index in [0.717, 1.165) is 11.3 Å². The molecule has 0 atom stereocenters. The highest BCUT2D eigenvalue weighted by atomic mass is 35.5. The lowest BCUT2D eigenvalue weighted by Crippen LogP contribution is -2.08. The number of anilines is 1. The van der Waals surface area contributed by atoms with E-state index in [1.807, 2.05) is 43.3 Å². The van der Waals surface area contributed by atoms with Gasteiger partial charge in [-0.1, -0.05) is 23.7 Å². The highest BCUT2D eigenvalue weighted by molar-refractivity contribution is 6.32. The van der Waals surface area contributed by atoms with Crippen molar-refractivity contribution in [1.82, 2.24) is 9.97 Å². The molecule has 4 nitrogen and oxygen atoms in total. The van der Waals surface area contributed by atoms with Gasteiger partial charge in [-0.15, -0.1) is 0 Å². The van der Waals surface area contributed by atoms with Gasteiger partial charge in [0.15, 0.2) is 5.82 Å². The maximum atomic E-state index is 5.77. The zero-order valence-electron chi connectivity index (χ0n) is 10.5. The van der Waals surface area contributed by atoms with Crippen LogP contribution in [0.15, 0.2) is 35.3 Å². The molecule has 0 N–H and O–H groups in total. The van der Waals surface area contributed by atoms with Crippen LogP contribution in [-0.4, -0.2) is 30.3 Å². The van der Waals surface area contributed by atoms with Gasteiger partial charge in [0, 0.05) is 32.1 Å². The maximum absolute atomic E-state index is 5.77. The zero-order valence-corrected chi connectivity index (χ0v) is 12.0. The van der Waals surface area contributed by atoms with E-state index in [0.29, 0.717) is 5.82 Å². The number of halogens is 2. The van der Waals surface area contributed by atoms with E-state index < -0.39 is 0 Å². The van der Waals surface area contributed by atoms with Crippen LogP contribution in [0.25, 0.3) is 0 Å². The molecule has 0 aliphatic carbocycles. The first kappa shape index (κ1) is 13.8. The summed E-state index contributed by atoms with van der Waals surface area (Å²) in [5.74, 6) is 0.432. The minimum Gasteiger partial charge on any atom is -0.378 e. The number of rotatable bonds is 3. The maximum Gasteiger partial charge on any atom is 0.225 e. The van der Waals surface area contributed by atoms with Crippen molar-refractivity contribution in [3.05, 3.63) is 46.3 Å². The molecule has 6 heteroatoms. The lowest BCUT2D eigenvalue weighted by Gasteiger charge is -2.11. The van der Waals surface area contributed by atoms with Gasteiger partial charge in [0.1, 0.15) is 5.15 Å². The predicted molar refractivity (Wildman–Crippen MR) is 80.1 cm³/mol. The molecule has 0 spiro atoms. The molecule has 0 radical (unpaired) electrons. The zero-order chi connectivity index (χ0) is 13.8. The van der Waals surface area contributed by atoms with Crippen LogP contribution in [0.1, 0.15) is 5.56 Å². The molecule has 0 amide bonds.